The van der Waals surface area contributed by atoms with Crippen molar-refractivity contribution >= 4 is 50.7 Å². The fourth-order valence-electron chi connectivity index (χ4n) is 5.22. The van der Waals surface area contributed by atoms with Crippen molar-refractivity contribution < 1.29 is 22.7 Å². The van der Waals surface area contributed by atoms with Crippen LogP contribution in [0.5, 0.6) is 5.75 Å². The van der Waals surface area contributed by atoms with Crippen LogP contribution >= 0.6 is 23.4 Å². The van der Waals surface area contributed by atoms with E-state index < -0.39 is 9.84 Å². The molecule has 0 atom stereocenters. The number of nitrogens with one attached hydrogen (secondary N) is 1. The number of amides is 2. The number of benzene rings is 3. The van der Waals surface area contributed by atoms with Gasteiger partial charge in [0.05, 0.1) is 30.8 Å². The summed E-state index contributed by atoms with van der Waals surface area (Å²) < 4.78 is 30.5. The highest BCUT2D eigenvalue weighted by Gasteiger charge is 2.24. The third-order valence-corrected chi connectivity index (χ3v) is 10.2. The highest BCUT2D eigenvalue weighted by atomic mass is 35.5. The molecule has 46 heavy (non-hydrogen) atoms. The number of rotatable bonds is 12. The summed E-state index contributed by atoms with van der Waals surface area (Å²) in [6, 6.07) is 18.8. The maximum atomic E-state index is 13.4. The molecule has 9 nitrogen and oxygen atoms in total. The van der Waals surface area contributed by atoms with E-state index in [9.17, 15) is 18.0 Å². The molecule has 0 unspecified atom stereocenters. The molecule has 0 saturated carbocycles. The molecular formula is C34H37ClN4O5S2. The largest absolute Gasteiger partial charge is 0.493 e. The molecule has 1 aromatic heterocycles. The van der Waals surface area contributed by atoms with E-state index in [0.29, 0.717) is 43.1 Å². The summed E-state index contributed by atoms with van der Waals surface area (Å²) in [6.45, 7) is 3.52. The number of anilines is 1. The summed E-state index contributed by atoms with van der Waals surface area (Å²) in [4.78, 5) is 29.0. The fraction of sp³-hybridized carbons (Fsp3) is 0.324. The standard InChI is InChI=1S/C34H37ClN4O5S2/c1-24-29(35)11-5-13-31(24)44-17-6-14-32(40)39-16-7-18-45-33-28(10-4-12-30(33)39)27-21-37-38(23-27)22-25-8-3-9-26(20-25)34(41)36-15-19-46(2,42)43/h3-5,8-13,20-21,23H,6-7,14-19,22H2,1-2H3,(H,36,41). The minimum atomic E-state index is -3.16. The third-order valence-electron chi connectivity index (χ3n) is 7.61. The van der Waals surface area contributed by atoms with Crippen molar-refractivity contribution in [1.29, 1.82) is 0 Å². The minimum absolute atomic E-state index is 0.0605. The maximum absolute atomic E-state index is 13.4. The number of carbonyl (C=O) groups is 2. The molecule has 242 valence electrons. The predicted molar refractivity (Wildman–Crippen MR) is 184 cm³/mol. The van der Waals surface area contributed by atoms with Crippen LogP contribution in [0.4, 0.5) is 5.69 Å². The summed E-state index contributed by atoms with van der Waals surface area (Å²) in [7, 11) is -3.16. The fourth-order valence-corrected chi connectivity index (χ4v) is 7.00. The van der Waals surface area contributed by atoms with Crippen LogP contribution in [-0.2, 0) is 21.2 Å². The highest BCUT2D eigenvalue weighted by molar-refractivity contribution is 7.99. The number of ether oxygens (including phenoxy) is 1. The molecule has 1 aliphatic rings. The number of hydrogen-bond donors (Lipinski definition) is 1. The van der Waals surface area contributed by atoms with Crippen molar-refractivity contribution in [2.24, 2.45) is 0 Å². The Balaban J connectivity index is 1.24. The van der Waals surface area contributed by atoms with E-state index in [4.69, 9.17) is 16.3 Å². The first-order valence-electron chi connectivity index (χ1n) is 15.1. The van der Waals surface area contributed by atoms with Gasteiger partial charge in [0, 0.05) is 64.1 Å². The summed E-state index contributed by atoms with van der Waals surface area (Å²) in [5.41, 5.74) is 5.12. The van der Waals surface area contributed by atoms with Gasteiger partial charge in [0.2, 0.25) is 5.91 Å². The average Bonchev–Trinajstić information content (AvgIpc) is 3.37. The van der Waals surface area contributed by atoms with Crippen LogP contribution < -0.4 is 15.0 Å². The number of sulfone groups is 1. The Morgan fingerprint density at radius 3 is 2.74 bits per heavy atom. The lowest BCUT2D eigenvalue weighted by Gasteiger charge is -2.23. The van der Waals surface area contributed by atoms with Crippen LogP contribution in [0.25, 0.3) is 11.1 Å². The number of fused-ring (bicyclic) bond motifs is 1. The van der Waals surface area contributed by atoms with Crippen molar-refractivity contribution in [3.8, 4) is 16.9 Å². The minimum Gasteiger partial charge on any atom is -0.493 e. The Morgan fingerprint density at radius 2 is 1.91 bits per heavy atom. The SMILES string of the molecule is Cc1c(Cl)cccc1OCCCC(=O)N1CCCSc2c(-c3cnn(Cc4cccc(C(=O)NCCS(C)(=O)=O)c4)c3)cccc21. The molecule has 1 N–H and O–H groups in total. The number of thioether (sulfide) groups is 1. The van der Waals surface area contributed by atoms with Gasteiger partial charge in [0.1, 0.15) is 15.6 Å². The Bertz CT molecular complexity index is 1830. The van der Waals surface area contributed by atoms with Crippen molar-refractivity contribution in [2.75, 3.05) is 42.4 Å². The lowest BCUT2D eigenvalue weighted by atomic mass is 10.1. The van der Waals surface area contributed by atoms with E-state index in [1.165, 1.54) is 0 Å². The molecule has 0 bridgehead atoms. The van der Waals surface area contributed by atoms with Gasteiger partial charge in [-0.3, -0.25) is 14.3 Å². The Morgan fingerprint density at radius 1 is 1.11 bits per heavy atom. The zero-order chi connectivity index (χ0) is 32.7. The number of nitrogens with zero attached hydrogens (tertiary/aromatic N) is 3. The molecule has 0 radical (unpaired) electrons. The first-order chi connectivity index (χ1) is 22.1. The van der Waals surface area contributed by atoms with Crippen LogP contribution in [0.2, 0.25) is 5.02 Å². The molecule has 0 saturated heterocycles. The molecule has 0 aliphatic carbocycles. The molecule has 1 aliphatic heterocycles. The Labute approximate surface area is 279 Å². The molecular weight excluding hydrogens is 644 g/mol. The number of hydrogen-bond acceptors (Lipinski definition) is 7. The quantitative estimate of drug-likeness (QED) is 0.182. The second kappa shape index (κ2) is 15.2. The van der Waals surface area contributed by atoms with Crippen molar-refractivity contribution in [1.82, 2.24) is 15.1 Å². The monoisotopic (exact) mass is 680 g/mol. The third kappa shape index (κ3) is 8.71. The molecule has 0 spiro atoms. The maximum Gasteiger partial charge on any atom is 0.251 e. The predicted octanol–water partition coefficient (Wildman–Crippen LogP) is 6.02. The molecule has 12 heteroatoms. The zero-order valence-corrected chi connectivity index (χ0v) is 28.3. The normalized spacial score (nSPS) is 13.2. The van der Waals surface area contributed by atoms with Crippen molar-refractivity contribution in [3.05, 3.63) is 94.8 Å². The molecule has 2 heterocycles. The highest BCUT2D eigenvalue weighted by Crippen LogP contribution is 2.41. The first kappa shape index (κ1) is 33.6. The smallest absolute Gasteiger partial charge is 0.251 e. The van der Waals surface area contributed by atoms with E-state index in [-0.39, 0.29) is 24.1 Å². The zero-order valence-electron chi connectivity index (χ0n) is 25.9. The van der Waals surface area contributed by atoms with Crippen molar-refractivity contribution in [2.45, 2.75) is 37.6 Å². The summed E-state index contributed by atoms with van der Waals surface area (Å²) in [5, 5.41) is 7.91. The summed E-state index contributed by atoms with van der Waals surface area (Å²) in [5.74, 6) is 1.28. The lowest BCUT2D eigenvalue weighted by Crippen LogP contribution is -2.32. The van der Waals surface area contributed by atoms with Gasteiger partial charge >= 0.3 is 0 Å². The molecule has 2 amide bonds. The van der Waals surface area contributed by atoms with Gasteiger partial charge in [-0.2, -0.15) is 5.10 Å². The van der Waals surface area contributed by atoms with Crippen LogP contribution in [0.3, 0.4) is 0 Å². The Kier molecular flexibility index (Phi) is 11.1. The lowest BCUT2D eigenvalue weighted by molar-refractivity contribution is -0.118. The number of halogens is 1. The van der Waals surface area contributed by atoms with Crippen LogP contribution in [0.15, 0.2) is 78.0 Å². The Hall–Kier alpha value is -3.80. The average molecular weight is 681 g/mol. The first-order valence-corrected chi connectivity index (χ1v) is 18.5. The topological polar surface area (TPSA) is 111 Å². The van der Waals surface area contributed by atoms with E-state index >= 15 is 0 Å². The van der Waals surface area contributed by atoms with Crippen LogP contribution in [-0.4, -0.2) is 67.5 Å². The summed E-state index contributed by atoms with van der Waals surface area (Å²) in [6.07, 6.45) is 6.80. The van der Waals surface area contributed by atoms with Gasteiger partial charge in [-0.1, -0.05) is 41.9 Å². The van der Waals surface area contributed by atoms with Gasteiger partial charge in [-0.15, -0.1) is 11.8 Å². The number of aromatic nitrogens is 2. The van der Waals surface area contributed by atoms with E-state index in [1.54, 1.807) is 30.0 Å². The van der Waals surface area contributed by atoms with E-state index in [1.807, 2.05) is 65.3 Å². The molecule has 5 rings (SSSR count). The van der Waals surface area contributed by atoms with E-state index in [2.05, 4.69) is 16.5 Å². The van der Waals surface area contributed by atoms with Gasteiger partial charge in [-0.25, -0.2) is 8.42 Å². The van der Waals surface area contributed by atoms with Crippen LogP contribution in [0, 0.1) is 6.92 Å². The second-order valence-corrected chi connectivity index (χ2v) is 15.0. The van der Waals surface area contributed by atoms with Gasteiger partial charge in [-0.05, 0) is 61.4 Å². The molecule has 0 fully saturated rings. The van der Waals surface area contributed by atoms with Crippen LogP contribution in [0.1, 0.15) is 40.7 Å². The molecule has 3 aromatic carbocycles. The van der Waals surface area contributed by atoms with Gasteiger partial charge in [0.25, 0.3) is 5.91 Å². The molecule has 4 aromatic rings. The van der Waals surface area contributed by atoms with E-state index in [0.717, 1.165) is 57.0 Å². The summed E-state index contributed by atoms with van der Waals surface area (Å²) >= 11 is 7.96. The van der Waals surface area contributed by atoms with Gasteiger partial charge < -0.3 is 15.0 Å². The second-order valence-electron chi connectivity index (χ2n) is 11.2. The number of carbonyl (C=O) groups excluding carboxylic acids is 2. The van der Waals surface area contributed by atoms with Crippen molar-refractivity contribution in [3.63, 3.8) is 0 Å². The van der Waals surface area contributed by atoms with Gasteiger partial charge in [0.15, 0.2) is 0 Å².